The normalized spacial score (nSPS) is 20.2. The summed E-state index contributed by atoms with van der Waals surface area (Å²) in [6, 6.07) is 4.25. The predicted molar refractivity (Wildman–Crippen MR) is 111 cm³/mol. The van der Waals surface area contributed by atoms with Crippen LogP contribution in [0, 0.1) is 0 Å². The molecule has 0 aromatic carbocycles. The van der Waals surface area contributed by atoms with Gasteiger partial charge < -0.3 is 15.4 Å². The summed E-state index contributed by atoms with van der Waals surface area (Å²) >= 11 is 0. The van der Waals surface area contributed by atoms with Gasteiger partial charge in [0.15, 0.2) is 5.65 Å². The van der Waals surface area contributed by atoms with Crippen molar-refractivity contribution in [3.8, 4) is 17.1 Å². The van der Waals surface area contributed by atoms with E-state index < -0.39 is 0 Å². The number of nitrogens with one attached hydrogen (secondary N) is 2. The van der Waals surface area contributed by atoms with Gasteiger partial charge in [-0.3, -0.25) is 0 Å². The molecule has 2 fully saturated rings. The summed E-state index contributed by atoms with van der Waals surface area (Å²) in [5.41, 5.74) is 3.48. The number of anilines is 1. The molecular formula is C21H27N7O. The van der Waals surface area contributed by atoms with Crippen molar-refractivity contribution >= 4 is 11.6 Å². The molecule has 1 atom stereocenters. The van der Waals surface area contributed by atoms with Gasteiger partial charge in [-0.05, 0) is 38.3 Å². The van der Waals surface area contributed by atoms with E-state index in [0.29, 0.717) is 17.9 Å². The minimum Gasteiger partial charge on any atom is -0.495 e. The Bertz CT molecular complexity index is 990. The molecule has 0 radical (unpaired) electrons. The molecule has 5 rings (SSSR count). The van der Waals surface area contributed by atoms with Crippen LogP contribution in [0.2, 0.25) is 0 Å². The Morgan fingerprint density at radius 1 is 1.17 bits per heavy atom. The van der Waals surface area contributed by atoms with Crippen LogP contribution in [-0.4, -0.2) is 50.8 Å². The quantitative estimate of drug-likeness (QED) is 0.689. The molecule has 0 bridgehead atoms. The zero-order chi connectivity index (χ0) is 19.6. The number of nitrogens with zero attached hydrogens (tertiary/aromatic N) is 5. The number of hydrogen-bond donors (Lipinski definition) is 2. The molecule has 1 saturated carbocycles. The standard InChI is InChI=1S/C21H27N7O/c1-29-18-11-19-24-13-17(28(19)27-20(18)14-5-2-3-6-14)16-8-10-23-21(26-16)25-15-7-4-9-22-12-15/h8,10-11,13-15,22H,2-7,9,12H2,1H3,(H,23,25,26). The molecule has 4 heterocycles. The van der Waals surface area contributed by atoms with Gasteiger partial charge in [-0.1, -0.05) is 12.8 Å². The van der Waals surface area contributed by atoms with Crippen LogP contribution < -0.4 is 15.4 Å². The Morgan fingerprint density at radius 3 is 2.86 bits per heavy atom. The Hall–Kier alpha value is -2.74. The van der Waals surface area contributed by atoms with E-state index in [1.807, 2.05) is 22.8 Å². The average Bonchev–Trinajstić information content (AvgIpc) is 3.43. The Balaban J connectivity index is 1.49. The summed E-state index contributed by atoms with van der Waals surface area (Å²) in [4.78, 5) is 13.7. The fraction of sp³-hybridized carbons (Fsp3) is 0.524. The lowest BCUT2D eigenvalue weighted by atomic mass is 10.0. The van der Waals surface area contributed by atoms with Crippen LogP contribution in [0.4, 0.5) is 5.95 Å². The molecule has 3 aromatic heterocycles. The van der Waals surface area contributed by atoms with Crippen molar-refractivity contribution in [2.24, 2.45) is 0 Å². The second-order valence-corrected chi connectivity index (χ2v) is 7.95. The Morgan fingerprint density at radius 2 is 2.07 bits per heavy atom. The highest BCUT2D eigenvalue weighted by atomic mass is 16.5. The second-order valence-electron chi connectivity index (χ2n) is 7.95. The van der Waals surface area contributed by atoms with Gasteiger partial charge in [-0.15, -0.1) is 0 Å². The highest BCUT2D eigenvalue weighted by Crippen LogP contribution is 2.38. The Kier molecular flexibility index (Phi) is 5.01. The Labute approximate surface area is 170 Å². The average molecular weight is 393 g/mol. The first-order valence-electron chi connectivity index (χ1n) is 10.5. The monoisotopic (exact) mass is 393 g/mol. The topological polar surface area (TPSA) is 89.3 Å². The van der Waals surface area contributed by atoms with E-state index in [4.69, 9.17) is 14.8 Å². The summed E-state index contributed by atoms with van der Waals surface area (Å²) < 4.78 is 7.52. The highest BCUT2D eigenvalue weighted by molar-refractivity contribution is 5.61. The van der Waals surface area contributed by atoms with Crippen LogP contribution in [0.15, 0.2) is 24.5 Å². The van der Waals surface area contributed by atoms with Crippen molar-refractivity contribution in [3.63, 3.8) is 0 Å². The summed E-state index contributed by atoms with van der Waals surface area (Å²) in [7, 11) is 1.71. The largest absolute Gasteiger partial charge is 0.495 e. The molecule has 8 nitrogen and oxygen atoms in total. The number of aromatic nitrogens is 5. The maximum atomic E-state index is 5.63. The minimum atomic E-state index is 0.359. The molecule has 152 valence electrons. The van der Waals surface area contributed by atoms with E-state index >= 15 is 0 Å². The van der Waals surface area contributed by atoms with Crippen molar-refractivity contribution < 1.29 is 4.74 Å². The van der Waals surface area contributed by atoms with Crippen molar-refractivity contribution in [1.82, 2.24) is 29.9 Å². The van der Waals surface area contributed by atoms with Crippen molar-refractivity contribution in [1.29, 1.82) is 0 Å². The van der Waals surface area contributed by atoms with Crippen molar-refractivity contribution in [2.75, 3.05) is 25.5 Å². The number of fused-ring (bicyclic) bond motifs is 1. The molecule has 2 aliphatic rings. The first kappa shape index (κ1) is 18.3. The maximum absolute atomic E-state index is 5.63. The van der Waals surface area contributed by atoms with Crippen molar-refractivity contribution in [2.45, 2.75) is 50.5 Å². The van der Waals surface area contributed by atoms with E-state index in [2.05, 4.69) is 20.6 Å². The number of ether oxygens (including phenoxy) is 1. The molecule has 0 amide bonds. The molecule has 0 spiro atoms. The fourth-order valence-electron chi connectivity index (χ4n) is 4.46. The van der Waals surface area contributed by atoms with Crippen LogP contribution in [0.25, 0.3) is 17.0 Å². The molecule has 1 aliphatic heterocycles. The van der Waals surface area contributed by atoms with Gasteiger partial charge in [0, 0.05) is 30.8 Å². The lowest BCUT2D eigenvalue weighted by Crippen LogP contribution is -2.38. The van der Waals surface area contributed by atoms with E-state index in [0.717, 1.165) is 60.8 Å². The maximum Gasteiger partial charge on any atom is 0.223 e. The lowest BCUT2D eigenvalue weighted by molar-refractivity contribution is 0.399. The zero-order valence-electron chi connectivity index (χ0n) is 16.8. The minimum absolute atomic E-state index is 0.359. The van der Waals surface area contributed by atoms with Crippen molar-refractivity contribution in [3.05, 3.63) is 30.2 Å². The van der Waals surface area contributed by atoms with Gasteiger partial charge in [0.2, 0.25) is 5.95 Å². The van der Waals surface area contributed by atoms with E-state index in [1.54, 1.807) is 13.3 Å². The summed E-state index contributed by atoms with van der Waals surface area (Å²) in [6.45, 7) is 2.02. The fourth-order valence-corrected chi connectivity index (χ4v) is 4.46. The van der Waals surface area contributed by atoms with Crippen LogP contribution >= 0.6 is 0 Å². The smallest absolute Gasteiger partial charge is 0.223 e. The first-order valence-corrected chi connectivity index (χ1v) is 10.5. The number of rotatable bonds is 5. The molecule has 1 saturated heterocycles. The van der Waals surface area contributed by atoms with Gasteiger partial charge in [0.05, 0.1) is 19.0 Å². The van der Waals surface area contributed by atoms with E-state index in [9.17, 15) is 0 Å². The van der Waals surface area contributed by atoms with Gasteiger partial charge in [0.1, 0.15) is 17.1 Å². The number of hydrogen-bond acceptors (Lipinski definition) is 7. The third-order valence-electron chi connectivity index (χ3n) is 5.99. The molecule has 1 unspecified atom stereocenters. The van der Waals surface area contributed by atoms with E-state index in [1.165, 1.54) is 19.3 Å². The molecule has 3 aromatic rings. The molecular weight excluding hydrogens is 366 g/mol. The third kappa shape index (κ3) is 3.64. The summed E-state index contributed by atoms with van der Waals surface area (Å²) in [5, 5.41) is 11.8. The van der Waals surface area contributed by atoms with Crippen LogP contribution in [0.3, 0.4) is 0 Å². The highest BCUT2D eigenvalue weighted by Gasteiger charge is 2.24. The molecule has 29 heavy (non-hydrogen) atoms. The third-order valence-corrected chi connectivity index (χ3v) is 5.99. The van der Waals surface area contributed by atoms with Crippen LogP contribution in [0.5, 0.6) is 5.75 Å². The molecule has 8 heteroatoms. The SMILES string of the molecule is COc1cc2ncc(-c3ccnc(NC4CCCNC4)n3)n2nc1C1CCCC1. The lowest BCUT2D eigenvalue weighted by Gasteiger charge is -2.23. The molecule has 2 N–H and O–H groups in total. The number of methoxy groups -OCH3 is 1. The number of imidazole rings is 1. The van der Waals surface area contributed by atoms with Gasteiger partial charge in [-0.2, -0.15) is 5.10 Å². The van der Waals surface area contributed by atoms with Gasteiger partial charge in [0.25, 0.3) is 0 Å². The molecule has 1 aliphatic carbocycles. The van der Waals surface area contributed by atoms with Crippen LogP contribution in [0.1, 0.15) is 50.1 Å². The second kappa shape index (κ2) is 7.94. The zero-order valence-corrected chi connectivity index (χ0v) is 16.8. The van der Waals surface area contributed by atoms with Gasteiger partial charge in [-0.25, -0.2) is 19.5 Å². The van der Waals surface area contributed by atoms with E-state index in [-0.39, 0.29) is 0 Å². The first-order chi connectivity index (χ1) is 14.3. The predicted octanol–water partition coefficient (Wildman–Crippen LogP) is 3.02. The van der Waals surface area contributed by atoms with Crippen LogP contribution in [-0.2, 0) is 0 Å². The van der Waals surface area contributed by atoms with Gasteiger partial charge >= 0.3 is 0 Å². The summed E-state index contributed by atoms with van der Waals surface area (Å²) in [5.74, 6) is 1.93. The summed E-state index contributed by atoms with van der Waals surface area (Å²) in [6.07, 6.45) is 10.7. The number of piperidine rings is 1.